The molecule has 24 heavy (non-hydrogen) atoms. The van der Waals surface area contributed by atoms with Crippen molar-refractivity contribution in [1.82, 2.24) is 10.2 Å². The van der Waals surface area contributed by atoms with Crippen LogP contribution in [0.25, 0.3) is 0 Å². The number of methoxy groups -OCH3 is 1. The largest absolute Gasteiger partial charge is 0.468 e. The van der Waals surface area contributed by atoms with Gasteiger partial charge >= 0.3 is 12.1 Å². The Kier molecular flexibility index (Phi) is 8.81. The van der Waals surface area contributed by atoms with Crippen LogP contribution in [0.2, 0.25) is 0 Å². The van der Waals surface area contributed by atoms with Gasteiger partial charge in [0, 0.05) is 6.54 Å². The Morgan fingerprint density at radius 2 is 1.83 bits per heavy atom. The number of hydrogen-bond acceptors (Lipinski definition) is 5. The van der Waals surface area contributed by atoms with Crippen molar-refractivity contribution in [2.24, 2.45) is 0 Å². The maximum atomic E-state index is 12.7. The summed E-state index contributed by atoms with van der Waals surface area (Å²) >= 11 is 0. The number of rotatable bonds is 8. The van der Waals surface area contributed by atoms with Crippen molar-refractivity contribution >= 4 is 18.0 Å². The molecule has 0 bridgehead atoms. The van der Waals surface area contributed by atoms with E-state index in [9.17, 15) is 14.4 Å². The summed E-state index contributed by atoms with van der Waals surface area (Å²) in [5, 5.41) is 2.51. The standard InChI is InChI=1S/C17H28N2O5/c1-8-9-13(18-16(22)24-17(4,5)6)15(21)19(10-12(2)3)11-14(20)23-7/h8,13H,1-2,9-11H2,3-7H3,(H,18,22). The van der Waals surface area contributed by atoms with Gasteiger partial charge < -0.3 is 19.7 Å². The first-order valence-electron chi connectivity index (χ1n) is 7.60. The van der Waals surface area contributed by atoms with E-state index in [2.05, 4.69) is 23.2 Å². The molecule has 7 heteroatoms. The van der Waals surface area contributed by atoms with E-state index in [-0.39, 0.29) is 19.5 Å². The molecule has 0 aromatic heterocycles. The van der Waals surface area contributed by atoms with E-state index in [1.807, 2.05) is 0 Å². The maximum Gasteiger partial charge on any atom is 0.408 e. The molecule has 0 aromatic carbocycles. The summed E-state index contributed by atoms with van der Waals surface area (Å²) in [6.45, 7) is 14.2. The van der Waals surface area contributed by atoms with Gasteiger partial charge in [-0.2, -0.15) is 0 Å². The number of carbonyl (C=O) groups is 3. The molecule has 0 rings (SSSR count). The fraction of sp³-hybridized carbons (Fsp3) is 0.588. The van der Waals surface area contributed by atoms with Gasteiger partial charge in [-0.3, -0.25) is 9.59 Å². The van der Waals surface area contributed by atoms with Gasteiger partial charge in [0.05, 0.1) is 7.11 Å². The molecule has 0 saturated heterocycles. The van der Waals surface area contributed by atoms with Crippen LogP contribution in [0.3, 0.4) is 0 Å². The Bertz CT molecular complexity index is 494. The Hall–Kier alpha value is -2.31. The molecule has 0 aliphatic rings. The zero-order chi connectivity index (χ0) is 18.9. The van der Waals surface area contributed by atoms with Gasteiger partial charge in [0.2, 0.25) is 5.91 Å². The maximum absolute atomic E-state index is 12.7. The molecule has 0 fully saturated rings. The molecule has 0 aliphatic carbocycles. The fourth-order valence-corrected chi connectivity index (χ4v) is 1.82. The quantitative estimate of drug-likeness (QED) is 0.540. The van der Waals surface area contributed by atoms with Crippen molar-refractivity contribution in [2.45, 2.75) is 45.8 Å². The van der Waals surface area contributed by atoms with E-state index < -0.39 is 29.6 Å². The van der Waals surface area contributed by atoms with Crippen LogP contribution in [0, 0.1) is 0 Å². The highest BCUT2D eigenvalue weighted by Gasteiger charge is 2.28. The SMILES string of the molecule is C=CCC(NC(=O)OC(C)(C)C)C(=O)N(CC(=C)C)CC(=O)OC. The molecular weight excluding hydrogens is 312 g/mol. The molecule has 0 radical (unpaired) electrons. The van der Waals surface area contributed by atoms with Crippen molar-refractivity contribution < 1.29 is 23.9 Å². The summed E-state index contributed by atoms with van der Waals surface area (Å²) in [5.74, 6) is -0.992. The molecule has 0 aromatic rings. The summed E-state index contributed by atoms with van der Waals surface area (Å²) in [4.78, 5) is 37.4. The highest BCUT2D eigenvalue weighted by atomic mass is 16.6. The number of esters is 1. The predicted molar refractivity (Wildman–Crippen MR) is 91.4 cm³/mol. The molecule has 0 saturated carbocycles. The Balaban J connectivity index is 5.17. The van der Waals surface area contributed by atoms with Crippen LogP contribution < -0.4 is 5.32 Å². The lowest BCUT2D eigenvalue weighted by Crippen LogP contribution is -2.51. The first-order valence-corrected chi connectivity index (χ1v) is 7.60. The fourth-order valence-electron chi connectivity index (χ4n) is 1.82. The lowest BCUT2D eigenvalue weighted by atomic mass is 10.1. The average Bonchev–Trinajstić information content (AvgIpc) is 2.42. The Labute approximate surface area is 143 Å². The Morgan fingerprint density at radius 3 is 2.25 bits per heavy atom. The third-order valence-electron chi connectivity index (χ3n) is 2.71. The molecule has 1 N–H and O–H groups in total. The van der Waals surface area contributed by atoms with Gasteiger partial charge in [-0.1, -0.05) is 18.2 Å². The van der Waals surface area contributed by atoms with Crippen LogP contribution >= 0.6 is 0 Å². The molecule has 0 heterocycles. The van der Waals surface area contributed by atoms with E-state index in [0.29, 0.717) is 5.57 Å². The number of amides is 2. The van der Waals surface area contributed by atoms with Crippen LogP contribution in [0.1, 0.15) is 34.1 Å². The van der Waals surface area contributed by atoms with Crippen molar-refractivity contribution in [3.05, 3.63) is 24.8 Å². The molecular formula is C17H28N2O5. The smallest absolute Gasteiger partial charge is 0.408 e. The minimum absolute atomic E-state index is 0.178. The molecule has 0 spiro atoms. The third-order valence-corrected chi connectivity index (χ3v) is 2.71. The average molecular weight is 340 g/mol. The summed E-state index contributed by atoms with van der Waals surface area (Å²) in [5.41, 5.74) is 0.0109. The normalized spacial score (nSPS) is 11.9. The third kappa shape index (κ3) is 8.97. The summed E-state index contributed by atoms with van der Waals surface area (Å²) in [6.07, 6.45) is 0.999. The summed E-state index contributed by atoms with van der Waals surface area (Å²) in [7, 11) is 1.24. The van der Waals surface area contributed by atoms with E-state index in [1.165, 1.54) is 18.1 Å². The second-order valence-electron chi connectivity index (χ2n) is 6.45. The van der Waals surface area contributed by atoms with Crippen LogP contribution in [-0.4, -0.2) is 54.7 Å². The second-order valence-corrected chi connectivity index (χ2v) is 6.45. The summed E-state index contributed by atoms with van der Waals surface area (Å²) < 4.78 is 9.77. The number of carbonyl (C=O) groups excluding carboxylic acids is 3. The van der Waals surface area contributed by atoms with Gasteiger partial charge in [0.15, 0.2) is 0 Å². The molecule has 2 amide bonds. The van der Waals surface area contributed by atoms with Gasteiger partial charge in [0.25, 0.3) is 0 Å². The summed E-state index contributed by atoms with van der Waals surface area (Å²) in [6, 6.07) is -0.888. The number of nitrogens with one attached hydrogen (secondary N) is 1. The van der Waals surface area contributed by atoms with E-state index in [1.54, 1.807) is 27.7 Å². The Morgan fingerprint density at radius 1 is 1.25 bits per heavy atom. The van der Waals surface area contributed by atoms with Crippen molar-refractivity contribution in [3.8, 4) is 0 Å². The molecule has 1 unspecified atom stereocenters. The number of hydrogen-bond donors (Lipinski definition) is 1. The monoisotopic (exact) mass is 340 g/mol. The van der Waals surface area contributed by atoms with Crippen LogP contribution in [0.15, 0.2) is 24.8 Å². The molecule has 0 aliphatic heterocycles. The van der Waals surface area contributed by atoms with E-state index in [0.717, 1.165) is 0 Å². The minimum atomic E-state index is -0.888. The molecule has 136 valence electrons. The molecule has 7 nitrogen and oxygen atoms in total. The second kappa shape index (κ2) is 9.75. The van der Waals surface area contributed by atoms with Gasteiger partial charge in [0.1, 0.15) is 18.2 Å². The van der Waals surface area contributed by atoms with Gasteiger partial charge in [-0.15, -0.1) is 6.58 Å². The lowest BCUT2D eigenvalue weighted by molar-refractivity contribution is -0.147. The lowest BCUT2D eigenvalue weighted by Gasteiger charge is -2.28. The molecule has 1 atom stereocenters. The van der Waals surface area contributed by atoms with Gasteiger partial charge in [-0.25, -0.2) is 4.79 Å². The highest BCUT2D eigenvalue weighted by molar-refractivity contribution is 5.88. The number of ether oxygens (including phenoxy) is 2. The zero-order valence-electron chi connectivity index (χ0n) is 15.2. The first-order chi connectivity index (χ1) is 11.0. The van der Waals surface area contributed by atoms with Crippen molar-refractivity contribution in [1.29, 1.82) is 0 Å². The van der Waals surface area contributed by atoms with Crippen LogP contribution in [-0.2, 0) is 19.1 Å². The zero-order valence-corrected chi connectivity index (χ0v) is 15.2. The topological polar surface area (TPSA) is 84.9 Å². The van der Waals surface area contributed by atoms with E-state index in [4.69, 9.17) is 4.74 Å². The first kappa shape index (κ1) is 21.7. The van der Waals surface area contributed by atoms with Crippen LogP contribution in [0.5, 0.6) is 0 Å². The predicted octanol–water partition coefficient (Wildman–Crippen LogP) is 2.03. The van der Waals surface area contributed by atoms with Crippen LogP contribution in [0.4, 0.5) is 4.79 Å². The minimum Gasteiger partial charge on any atom is -0.468 e. The number of alkyl carbamates (subject to hydrolysis) is 1. The highest BCUT2D eigenvalue weighted by Crippen LogP contribution is 2.09. The van der Waals surface area contributed by atoms with Gasteiger partial charge in [-0.05, 0) is 34.1 Å². The van der Waals surface area contributed by atoms with E-state index >= 15 is 0 Å². The van der Waals surface area contributed by atoms with Crippen molar-refractivity contribution in [2.75, 3.05) is 20.2 Å². The number of nitrogens with zero attached hydrogens (tertiary/aromatic N) is 1. The van der Waals surface area contributed by atoms with Crippen molar-refractivity contribution in [3.63, 3.8) is 0 Å².